The highest BCUT2D eigenvalue weighted by atomic mass is 35.5. The molecule has 3 aliphatic heterocycles. The van der Waals surface area contributed by atoms with Crippen molar-refractivity contribution >= 4 is 27.7 Å². The Labute approximate surface area is 182 Å². The van der Waals surface area contributed by atoms with Crippen LogP contribution in [0.5, 0.6) is 0 Å². The van der Waals surface area contributed by atoms with Crippen molar-refractivity contribution in [1.29, 1.82) is 0 Å². The van der Waals surface area contributed by atoms with Crippen molar-refractivity contribution in [3.63, 3.8) is 0 Å². The van der Waals surface area contributed by atoms with Crippen molar-refractivity contribution < 1.29 is 22.7 Å². The fourth-order valence-electron chi connectivity index (χ4n) is 4.31. The Morgan fingerprint density at radius 1 is 1.10 bits per heavy atom. The first-order chi connectivity index (χ1) is 14.4. The zero-order valence-electron chi connectivity index (χ0n) is 16.9. The monoisotopic (exact) mass is 457 g/mol. The number of halogens is 1. The maximum atomic E-state index is 13.1. The number of hydrogen-bond acceptors (Lipinski definition) is 5. The van der Waals surface area contributed by atoms with Crippen molar-refractivity contribution in [3.8, 4) is 0 Å². The lowest BCUT2D eigenvalue weighted by Crippen LogP contribution is -2.54. The number of carbonyl (C=O) groups is 1. The van der Waals surface area contributed by atoms with Crippen molar-refractivity contribution in [1.82, 2.24) is 13.9 Å². The summed E-state index contributed by atoms with van der Waals surface area (Å²) in [6.45, 7) is 2.91. The predicted octanol–water partition coefficient (Wildman–Crippen LogP) is 1.75. The Morgan fingerprint density at radius 3 is 2.43 bits per heavy atom. The van der Waals surface area contributed by atoms with Crippen LogP contribution in [0.4, 0.5) is 0 Å². The summed E-state index contributed by atoms with van der Waals surface area (Å²) in [7, 11) is -3.61. The van der Waals surface area contributed by atoms with Gasteiger partial charge in [-0.25, -0.2) is 0 Å². The molecule has 1 amide bonds. The van der Waals surface area contributed by atoms with Crippen LogP contribution in [0.2, 0.25) is 5.02 Å². The van der Waals surface area contributed by atoms with Gasteiger partial charge in [0.2, 0.25) is 5.91 Å². The first-order valence-corrected chi connectivity index (χ1v) is 12.2. The van der Waals surface area contributed by atoms with Crippen molar-refractivity contribution in [2.45, 2.75) is 38.0 Å². The second-order valence-electron chi connectivity index (χ2n) is 8.06. The Morgan fingerprint density at radius 2 is 1.77 bits per heavy atom. The zero-order valence-corrected chi connectivity index (χ0v) is 18.5. The number of nitrogens with zero attached hydrogens (tertiary/aromatic N) is 2. The lowest BCUT2D eigenvalue weighted by atomic mass is 9.99. The van der Waals surface area contributed by atoms with E-state index in [9.17, 15) is 13.2 Å². The van der Waals surface area contributed by atoms with Crippen LogP contribution in [-0.2, 0) is 31.0 Å². The van der Waals surface area contributed by atoms with Gasteiger partial charge < -0.3 is 14.8 Å². The number of rotatable bonds is 5. The van der Waals surface area contributed by atoms with Gasteiger partial charge in [-0.1, -0.05) is 23.7 Å². The number of carbonyl (C=O) groups excluding carboxylic acids is 1. The van der Waals surface area contributed by atoms with Gasteiger partial charge in [0.25, 0.3) is 10.2 Å². The van der Waals surface area contributed by atoms with Crippen LogP contribution >= 0.6 is 11.6 Å². The van der Waals surface area contributed by atoms with Gasteiger partial charge >= 0.3 is 0 Å². The number of benzene rings is 1. The summed E-state index contributed by atoms with van der Waals surface area (Å²) < 4.78 is 40.6. The molecule has 3 saturated heterocycles. The van der Waals surface area contributed by atoms with Gasteiger partial charge in [-0.05, 0) is 30.5 Å². The molecule has 1 aromatic carbocycles. The van der Waals surface area contributed by atoms with Gasteiger partial charge in [0, 0.05) is 50.6 Å². The summed E-state index contributed by atoms with van der Waals surface area (Å²) in [5.74, 6) is -1.08. The molecule has 0 bridgehead atoms. The number of nitrogens with one attached hydrogen (secondary N) is 1. The van der Waals surface area contributed by atoms with E-state index in [0.717, 1.165) is 5.56 Å². The van der Waals surface area contributed by atoms with E-state index in [4.69, 9.17) is 21.1 Å². The molecule has 0 radical (unpaired) electrons. The molecule has 166 valence electrons. The fourth-order valence-corrected chi connectivity index (χ4v) is 6.13. The summed E-state index contributed by atoms with van der Waals surface area (Å²) >= 11 is 5.89. The van der Waals surface area contributed by atoms with E-state index in [0.29, 0.717) is 70.1 Å². The molecule has 0 unspecified atom stereocenters. The lowest BCUT2D eigenvalue weighted by Gasteiger charge is -2.40. The summed E-state index contributed by atoms with van der Waals surface area (Å²) in [6.07, 6.45) is 2.42. The summed E-state index contributed by atoms with van der Waals surface area (Å²) in [4.78, 5) is 12.7. The Hall–Kier alpha value is -1.23. The highest BCUT2D eigenvalue weighted by Gasteiger charge is 2.44. The summed E-state index contributed by atoms with van der Waals surface area (Å²) in [5, 5.41) is 3.57. The largest absolute Gasteiger partial charge is 0.352 e. The second-order valence-corrected chi connectivity index (χ2v) is 10.4. The highest BCUT2D eigenvalue weighted by molar-refractivity contribution is 7.86. The van der Waals surface area contributed by atoms with Crippen LogP contribution in [0.15, 0.2) is 24.3 Å². The SMILES string of the molecule is O=C(NCc1ccc(Cl)cc1)[C@H]1CCCN(S(=O)(=O)N2CCC3(CC2)OCCO3)C1. The van der Waals surface area contributed by atoms with E-state index in [1.54, 1.807) is 12.1 Å². The van der Waals surface area contributed by atoms with E-state index in [1.807, 2.05) is 12.1 Å². The van der Waals surface area contributed by atoms with E-state index >= 15 is 0 Å². The zero-order chi connectivity index (χ0) is 21.2. The third-order valence-corrected chi connectivity index (χ3v) is 8.34. The molecule has 3 heterocycles. The van der Waals surface area contributed by atoms with Gasteiger partial charge in [0.15, 0.2) is 5.79 Å². The van der Waals surface area contributed by atoms with Crippen LogP contribution < -0.4 is 5.32 Å². The molecule has 30 heavy (non-hydrogen) atoms. The molecule has 8 nitrogen and oxygen atoms in total. The summed E-state index contributed by atoms with van der Waals surface area (Å²) in [6, 6.07) is 7.28. The van der Waals surface area contributed by atoms with E-state index in [-0.39, 0.29) is 18.4 Å². The van der Waals surface area contributed by atoms with Gasteiger partial charge in [0.1, 0.15) is 0 Å². The van der Waals surface area contributed by atoms with E-state index < -0.39 is 16.0 Å². The van der Waals surface area contributed by atoms with Gasteiger partial charge in [0.05, 0.1) is 19.1 Å². The maximum absolute atomic E-state index is 13.1. The molecule has 10 heteroatoms. The Kier molecular flexibility index (Phi) is 6.67. The van der Waals surface area contributed by atoms with Crippen LogP contribution in [0.3, 0.4) is 0 Å². The van der Waals surface area contributed by atoms with Crippen LogP contribution in [0.25, 0.3) is 0 Å². The number of amides is 1. The van der Waals surface area contributed by atoms with E-state index in [1.165, 1.54) is 8.61 Å². The first-order valence-electron chi connectivity index (χ1n) is 10.4. The molecule has 3 aliphatic rings. The lowest BCUT2D eigenvalue weighted by molar-refractivity contribution is -0.179. The topological polar surface area (TPSA) is 88.2 Å². The summed E-state index contributed by atoms with van der Waals surface area (Å²) in [5.41, 5.74) is 0.951. The quantitative estimate of drug-likeness (QED) is 0.727. The van der Waals surface area contributed by atoms with Gasteiger partial charge in [-0.2, -0.15) is 17.0 Å². The average Bonchev–Trinajstić information content (AvgIpc) is 3.21. The maximum Gasteiger partial charge on any atom is 0.282 e. The molecular formula is C20H28ClN3O5S. The number of ether oxygens (including phenoxy) is 2. The molecule has 0 aromatic heterocycles. The van der Waals surface area contributed by atoms with E-state index in [2.05, 4.69) is 5.32 Å². The second kappa shape index (κ2) is 9.10. The molecule has 0 aliphatic carbocycles. The van der Waals surface area contributed by atoms with Crippen molar-refractivity contribution in [2.75, 3.05) is 39.4 Å². The fraction of sp³-hybridized carbons (Fsp3) is 0.650. The first kappa shape index (κ1) is 22.0. The number of piperidine rings is 2. The third-order valence-electron chi connectivity index (χ3n) is 6.09. The molecule has 1 spiro atoms. The minimum absolute atomic E-state index is 0.116. The van der Waals surface area contributed by atoms with Crippen LogP contribution in [0.1, 0.15) is 31.2 Å². The van der Waals surface area contributed by atoms with Crippen molar-refractivity contribution in [2.24, 2.45) is 5.92 Å². The molecule has 0 saturated carbocycles. The smallest absolute Gasteiger partial charge is 0.282 e. The molecule has 1 N–H and O–H groups in total. The molecule has 1 aromatic rings. The van der Waals surface area contributed by atoms with Crippen molar-refractivity contribution in [3.05, 3.63) is 34.9 Å². The predicted molar refractivity (Wildman–Crippen MR) is 112 cm³/mol. The Bertz CT molecular complexity index is 848. The van der Waals surface area contributed by atoms with Crippen LogP contribution in [-0.4, -0.2) is 68.1 Å². The average molecular weight is 458 g/mol. The molecule has 3 fully saturated rings. The minimum atomic E-state index is -3.61. The molecule has 1 atom stereocenters. The Balaban J connectivity index is 1.32. The number of hydrogen-bond donors (Lipinski definition) is 1. The molecule has 4 rings (SSSR count). The highest BCUT2D eigenvalue weighted by Crippen LogP contribution is 2.33. The minimum Gasteiger partial charge on any atom is -0.352 e. The van der Waals surface area contributed by atoms with Gasteiger partial charge in [-0.15, -0.1) is 0 Å². The molecular weight excluding hydrogens is 430 g/mol. The van der Waals surface area contributed by atoms with Crippen LogP contribution in [0, 0.1) is 5.92 Å². The standard InChI is InChI=1S/C20H28ClN3O5S/c21-18-5-3-16(4-6-18)14-22-19(25)17-2-1-9-24(15-17)30(26,27)23-10-7-20(8-11-23)28-12-13-29-20/h3-6,17H,1-2,7-15H2,(H,22,25)/t17-/m0/s1. The third kappa shape index (κ3) is 4.81. The normalized spacial score (nSPS) is 25.4. The van der Waals surface area contributed by atoms with Gasteiger partial charge in [-0.3, -0.25) is 4.79 Å².